The quantitative estimate of drug-likeness (QED) is 0.401. The van der Waals surface area contributed by atoms with Crippen LogP contribution in [0.25, 0.3) is 0 Å². The minimum absolute atomic E-state index is 0.0269. The number of sulfonamides is 1. The normalized spacial score (nSPS) is 19.4. The van der Waals surface area contributed by atoms with Gasteiger partial charge in [0.25, 0.3) is 5.91 Å². The standard InChI is InChI=1S/C8H12N4O4S/c9-10-8(13)7-4-6(16-11-7)5-12-2-1-3-17(12,14)15/h4H,1-3,5,9H2,(H,10,13). The summed E-state index contributed by atoms with van der Waals surface area (Å²) in [4.78, 5) is 11.1. The monoisotopic (exact) mass is 260 g/mol. The van der Waals surface area contributed by atoms with E-state index < -0.39 is 15.9 Å². The van der Waals surface area contributed by atoms with Crippen molar-refractivity contribution in [1.82, 2.24) is 14.9 Å². The van der Waals surface area contributed by atoms with Gasteiger partial charge in [0.15, 0.2) is 11.5 Å². The summed E-state index contributed by atoms with van der Waals surface area (Å²) in [5, 5.41) is 3.49. The van der Waals surface area contributed by atoms with Crippen LogP contribution in [-0.4, -0.2) is 36.1 Å². The molecule has 0 bridgehead atoms. The molecule has 1 fully saturated rings. The number of hydrazine groups is 1. The summed E-state index contributed by atoms with van der Waals surface area (Å²) in [7, 11) is -3.18. The van der Waals surface area contributed by atoms with E-state index in [4.69, 9.17) is 10.4 Å². The highest BCUT2D eigenvalue weighted by Gasteiger charge is 2.29. The van der Waals surface area contributed by atoms with Crippen LogP contribution in [-0.2, 0) is 16.6 Å². The second-order valence-electron chi connectivity index (χ2n) is 3.66. The Bertz CT molecular complexity index is 523. The number of nitrogens with one attached hydrogen (secondary N) is 1. The number of rotatable bonds is 3. The number of aromatic nitrogens is 1. The molecule has 0 unspecified atom stereocenters. The molecule has 0 saturated carbocycles. The molecule has 1 aromatic rings. The van der Waals surface area contributed by atoms with Crippen molar-refractivity contribution < 1.29 is 17.7 Å². The van der Waals surface area contributed by atoms with E-state index in [9.17, 15) is 13.2 Å². The third kappa shape index (κ3) is 2.46. The van der Waals surface area contributed by atoms with Crippen molar-refractivity contribution in [1.29, 1.82) is 0 Å². The zero-order chi connectivity index (χ0) is 12.5. The number of hydrogen-bond acceptors (Lipinski definition) is 6. The van der Waals surface area contributed by atoms with Gasteiger partial charge in [0.2, 0.25) is 10.0 Å². The fourth-order valence-corrected chi connectivity index (χ4v) is 3.09. The van der Waals surface area contributed by atoms with E-state index in [1.807, 2.05) is 5.43 Å². The van der Waals surface area contributed by atoms with Crippen LogP contribution in [0.3, 0.4) is 0 Å². The van der Waals surface area contributed by atoms with Gasteiger partial charge >= 0.3 is 0 Å². The molecule has 0 spiro atoms. The van der Waals surface area contributed by atoms with Crippen molar-refractivity contribution in [3.63, 3.8) is 0 Å². The maximum absolute atomic E-state index is 11.5. The summed E-state index contributed by atoms with van der Waals surface area (Å²) < 4.78 is 29.2. The van der Waals surface area contributed by atoms with Crippen LogP contribution in [0, 0.1) is 0 Å². The van der Waals surface area contributed by atoms with E-state index >= 15 is 0 Å². The maximum atomic E-state index is 11.5. The fraction of sp³-hybridized carbons (Fsp3) is 0.500. The Morgan fingerprint density at radius 1 is 1.65 bits per heavy atom. The Labute approximate surface area is 97.8 Å². The minimum atomic E-state index is -3.18. The lowest BCUT2D eigenvalue weighted by atomic mass is 10.3. The maximum Gasteiger partial charge on any atom is 0.287 e. The van der Waals surface area contributed by atoms with Crippen LogP contribution in [0.5, 0.6) is 0 Å². The van der Waals surface area contributed by atoms with Crippen LogP contribution in [0.2, 0.25) is 0 Å². The number of nitrogens with zero attached hydrogens (tertiary/aromatic N) is 2. The van der Waals surface area contributed by atoms with Gasteiger partial charge in [-0.2, -0.15) is 4.31 Å². The topological polar surface area (TPSA) is 119 Å². The first-order valence-electron chi connectivity index (χ1n) is 4.97. The van der Waals surface area contributed by atoms with Crippen molar-refractivity contribution >= 4 is 15.9 Å². The highest BCUT2D eigenvalue weighted by molar-refractivity contribution is 7.89. The summed E-state index contributed by atoms with van der Waals surface area (Å²) in [6.07, 6.45) is 0.604. The number of hydrogen-bond donors (Lipinski definition) is 2. The molecule has 2 rings (SSSR count). The average molecular weight is 260 g/mol. The van der Waals surface area contributed by atoms with Gasteiger partial charge in [-0.1, -0.05) is 5.16 Å². The lowest BCUT2D eigenvalue weighted by Gasteiger charge is -2.10. The van der Waals surface area contributed by atoms with Crippen LogP contribution < -0.4 is 11.3 Å². The summed E-state index contributed by atoms with van der Waals surface area (Å²) in [6.45, 7) is 0.550. The van der Waals surface area contributed by atoms with Gasteiger partial charge in [-0.25, -0.2) is 14.3 Å². The van der Waals surface area contributed by atoms with Crippen LogP contribution >= 0.6 is 0 Å². The number of carbonyl (C=O) groups excluding carboxylic acids is 1. The average Bonchev–Trinajstić information content (AvgIpc) is 2.86. The van der Waals surface area contributed by atoms with E-state index in [2.05, 4.69) is 5.16 Å². The fourth-order valence-electron chi connectivity index (χ4n) is 1.61. The molecule has 1 aromatic heterocycles. The van der Waals surface area contributed by atoms with Gasteiger partial charge in [-0.15, -0.1) is 0 Å². The molecule has 2 heterocycles. The molecule has 1 aliphatic heterocycles. The predicted molar refractivity (Wildman–Crippen MR) is 57.0 cm³/mol. The second-order valence-corrected chi connectivity index (χ2v) is 5.74. The molecule has 1 aliphatic rings. The molecule has 1 amide bonds. The Kier molecular flexibility index (Phi) is 3.13. The van der Waals surface area contributed by atoms with Crippen molar-refractivity contribution in [3.05, 3.63) is 17.5 Å². The molecule has 0 radical (unpaired) electrons. The first-order chi connectivity index (χ1) is 8.03. The molecule has 0 atom stereocenters. The van der Waals surface area contributed by atoms with Gasteiger partial charge in [0, 0.05) is 12.6 Å². The summed E-state index contributed by atoms with van der Waals surface area (Å²) in [5.74, 6) is 4.82. The molecule has 94 valence electrons. The smallest absolute Gasteiger partial charge is 0.287 e. The molecule has 17 heavy (non-hydrogen) atoms. The molecule has 1 saturated heterocycles. The Hall–Kier alpha value is -1.45. The van der Waals surface area contributed by atoms with Crippen LogP contribution in [0.4, 0.5) is 0 Å². The van der Waals surface area contributed by atoms with Crippen molar-refractivity contribution in [2.24, 2.45) is 5.84 Å². The minimum Gasteiger partial charge on any atom is -0.359 e. The largest absolute Gasteiger partial charge is 0.359 e. The van der Waals surface area contributed by atoms with Gasteiger partial charge in [-0.05, 0) is 6.42 Å². The Morgan fingerprint density at radius 2 is 2.41 bits per heavy atom. The lowest BCUT2D eigenvalue weighted by Crippen LogP contribution is -2.30. The van der Waals surface area contributed by atoms with Gasteiger partial charge < -0.3 is 4.52 Å². The molecule has 8 nitrogen and oxygen atoms in total. The SMILES string of the molecule is NNC(=O)c1cc(CN2CCCS2(=O)=O)on1. The highest BCUT2D eigenvalue weighted by Crippen LogP contribution is 2.17. The molecule has 9 heteroatoms. The lowest BCUT2D eigenvalue weighted by molar-refractivity contribution is 0.0944. The molecular weight excluding hydrogens is 248 g/mol. The van der Waals surface area contributed by atoms with Gasteiger partial charge in [0.05, 0.1) is 12.3 Å². The molecular formula is C8H12N4O4S. The van der Waals surface area contributed by atoms with Crippen molar-refractivity contribution in [3.8, 4) is 0 Å². The molecule has 0 aromatic carbocycles. The number of carbonyl (C=O) groups is 1. The van der Waals surface area contributed by atoms with E-state index in [-0.39, 0.29) is 18.0 Å². The van der Waals surface area contributed by atoms with Gasteiger partial charge in [0.1, 0.15) is 0 Å². The zero-order valence-corrected chi connectivity index (χ0v) is 9.74. The third-order valence-corrected chi connectivity index (χ3v) is 4.36. The summed E-state index contributed by atoms with van der Waals surface area (Å²) >= 11 is 0. The second kappa shape index (κ2) is 4.43. The Balaban J connectivity index is 2.10. The zero-order valence-electron chi connectivity index (χ0n) is 8.92. The van der Waals surface area contributed by atoms with Crippen LogP contribution in [0.15, 0.2) is 10.6 Å². The van der Waals surface area contributed by atoms with E-state index in [1.54, 1.807) is 0 Å². The highest BCUT2D eigenvalue weighted by atomic mass is 32.2. The Morgan fingerprint density at radius 3 is 3.00 bits per heavy atom. The van der Waals surface area contributed by atoms with Crippen LogP contribution in [0.1, 0.15) is 22.7 Å². The summed E-state index contributed by atoms with van der Waals surface area (Å²) in [5.41, 5.74) is 1.94. The molecule has 3 N–H and O–H groups in total. The van der Waals surface area contributed by atoms with E-state index in [0.717, 1.165) is 0 Å². The van der Waals surface area contributed by atoms with Crippen molar-refractivity contribution in [2.45, 2.75) is 13.0 Å². The van der Waals surface area contributed by atoms with E-state index in [0.29, 0.717) is 18.7 Å². The third-order valence-electron chi connectivity index (χ3n) is 2.46. The predicted octanol–water partition coefficient (Wildman–Crippen LogP) is -1.19. The van der Waals surface area contributed by atoms with E-state index in [1.165, 1.54) is 10.4 Å². The van der Waals surface area contributed by atoms with Crippen molar-refractivity contribution in [2.75, 3.05) is 12.3 Å². The first kappa shape index (κ1) is 12.0. The summed E-state index contributed by atoms with van der Waals surface area (Å²) in [6, 6.07) is 1.37. The number of amides is 1. The number of nitrogens with two attached hydrogens (primary N) is 1. The van der Waals surface area contributed by atoms with Gasteiger partial charge in [-0.3, -0.25) is 10.2 Å². The number of nitrogen functional groups attached to an aromatic ring is 1. The first-order valence-corrected chi connectivity index (χ1v) is 6.58. The molecule has 0 aliphatic carbocycles.